The summed E-state index contributed by atoms with van der Waals surface area (Å²) in [7, 11) is 0. The number of hydrogen-bond donors (Lipinski definition) is 10. The van der Waals surface area contributed by atoms with Crippen molar-refractivity contribution < 1.29 is 43.8 Å². The number of phenols is 1. The van der Waals surface area contributed by atoms with Gasteiger partial charge in [0.1, 0.15) is 29.9 Å². The summed E-state index contributed by atoms with van der Waals surface area (Å²) in [5.41, 5.74) is 11.3. The lowest BCUT2D eigenvalue weighted by molar-refractivity contribution is -0.141. The number of terminal acetylenes is 1. The van der Waals surface area contributed by atoms with E-state index >= 15 is 0 Å². The highest BCUT2D eigenvalue weighted by molar-refractivity contribution is 5.98. The van der Waals surface area contributed by atoms with E-state index in [9.17, 15) is 43.8 Å². The zero-order valence-electron chi connectivity index (χ0n) is 28.2. The van der Waals surface area contributed by atoms with E-state index in [0.717, 1.165) is 0 Å². The van der Waals surface area contributed by atoms with Crippen molar-refractivity contribution in [2.24, 2.45) is 16.5 Å². The van der Waals surface area contributed by atoms with Crippen LogP contribution in [0, 0.1) is 12.3 Å². The highest BCUT2D eigenvalue weighted by Gasteiger charge is 2.33. The number of amides is 6. The lowest BCUT2D eigenvalue weighted by Gasteiger charge is -2.26. The summed E-state index contributed by atoms with van der Waals surface area (Å²) in [6.45, 7) is -0.242. The first kappa shape index (κ1) is 41.3. The van der Waals surface area contributed by atoms with Crippen LogP contribution in [0.25, 0.3) is 0 Å². The third-order valence-corrected chi connectivity index (χ3v) is 7.64. The normalized spacial score (nSPS) is 20.1. The van der Waals surface area contributed by atoms with Gasteiger partial charge in [-0.15, -0.1) is 12.3 Å². The van der Waals surface area contributed by atoms with E-state index < -0.39 is 72.6 Å². The number of carboxylic acid groups (broad SMARTS) is 1. The zero-order valence-corrected chi connectivity index (χ0v) is 28.2. The van der Waals surface area contributed by atoms with Gasteiger partial charge in [-0.1, -0.05) is 12.1 Å². The van der Waals surface area contributed by atoms with E-state index in [1.54, 1.807) is 0 Å². The van der Waals surface area contributed by atoms with Gasteiger partial charge in [0.2, 0.25) is 35.4 Å². The van der Waals surface area contributed by atoms with Crippen molar-refractivity contribution >= 4 is 47.4 Å². The van der Waals surface area contributed by atoms with Gasteiger partial charge in [0.15, 0.2) is 5.96 Å². The Morgan fingerprint density at radius 1 is 0.843 bits per heavy atom. The third kappa shape index (κ3) is 16.4. The minimum Gasteiger partial charge on any atom is -0.508 e. The van der Waals surface area contributed by atoms with Crippen LogP contribution in [0.4, 0.5) is 0 Å². The van der Waals surface area contributed by atoms with Gasteiger partial charge in [-0.05, 0) is 56.2 Å². The lowest BCUT2D eigenvalue weighted by Crippen LogP contribution is -2.58. The summed E-state index contributed by atoms with van der Waals surface area (Å²) in [4.78, 5) is 94.2. The molecule has 0 spiro atoms. The van der Waals surface area contributed by atoms with E-state index in [1.165, 1.54) is 24.3 Å². The smallest absolute Gasteiger partial charge is 0.305 e. The van der Waals surface area contributed by atoms with Crippen LogP contribution < -0.4 is 43.4 Å². The fourth-order valence-electron chi connectivity index (χ4n) is 5.00. The summed E-state index contributed by atoms with van der Waals surface area (Å²) >= 11 is 0. The number of hydrogen-bond acceptors (Lipinski definition) is 9. The molecule has 1 saturated heterocycles. The van der Waals surface area contributed by atoms with Gasteiger partial charge in [-0.25, -0.2) is 0 Å². The number of benzene rings is 1. The van der Waals surface area contributed by atoms with Crippen molar-refractivity contribution in [3.8, 4) is 18.1 Å². The predicted molar refractivity (Wildman–Crippen MR) is 184 cm³/mol. The molecule has 1 aromatic rings. The van der Waals surface area contributed by atoms with Gasteiger partial charge in [0.25, 0.3) is 0 Å². The molecule has 4 unspecified atom stereocenters. The Balaban J connectivity index is 2.39. The summed E-state index contributed by atoms with van der Waals surface area (Å²) in [5, 5.41) is 34.3. The number of rotatable bonds is 16. The number of phenolic OH excluding ortho intramolecular Hbond substituents is 1. The van der Waals surface area contributed by atoms with Crippen LogP contribution in [0.5, 0.6) is 5.75 Å². The molecular weight excluding hydrogens is 666 g/mol. The fourth-order valence-corrected chi connectivity index (χ4v) is 5.00. The predicted octanol–water partition coefficient (Wildman–Crippen LogP) is -2.38. The fraction of sp³-hybridized carbons (Fsp3) is 0.515. The summed E-state index contributed by atoms with van der Waals surface area (Å²) in [6, 6.07) is 0.344. The molecule has 1 aliphatic rings. The van der Waals surface area contributed by atoms with Crippen LogP contribution in [0.1, 0.15) is 63.4 Å². The second-order valence-electron chi connectivity index (χ2n) is 11.8. The Morgan fingerprint density at radius 2 is 1.45 bits per heavy atom. The molecule has 278 valence electrons. The van der Waals surface area contributed by atoms with E-state index in [4.69, 9.17) is 17.9 Å². The zero-order chi connectivity index (χ0) is 37.8. The van der Waals surface area contributed by atoms with Crippen molar-refractivity contribution in [2.75, 3.05) is 19.6 Å². The number of carbonyl (C=O) groups excluding carboxylic acids is 6. The Morgan fingerprint density at radius 3 is 2.10 bits per heavy atom. The molecule has 0 saturated carbocycles. The molecular formula is C33H47N9O9. The maximum atomic E-state index is 13.8. The molecule has 6 amide bonds. The molecule has 2 rings (SSSR count). The third-order valence-electron chi connectivity index (χ3n) is 7.64. The van der Waals surface area contributed by atoms with Crippen LogP contribution in [0.15, 0.2) is 29.3 Å². The first-order valence-electron chi connectivity index (χ1n) is 16.5. The summed E-state index contributed by atoms with van der Waals surface area (Å²) in [6.07, 6.45) is 6.64. The summed E-state index contributed by atoms with van der Waals surface area (Å²) < 4.78 is 0. The van der Waals surface area contributed by atoms with E-state index in [2.05, 4.69) is 42.8 Å². The Kier molecular flexibility index (Phi) is 17.8. The van der Waals surface area contributed by atoms with Crippen molar-refractivity contribution in [3.63, 3.8) is 0 Å². The molecule has 1 fully saturated rings. The number of carboxylic acids is 1. The SMILES string of the molecule is C#CCCCC(=O)NCCCCC1NC(=O)C(Cc2ccc(O)cc2)NC(=O)C(CC(=O)O)NC(=O)CNC(=O)C(CCCN=C(N)N)NC1=O. The number of unbranched alkanes of at least 4 members (excludes halogenated alkanes) is 2. The monoisotopic (exact) mass is 713 g/mol. The number of guanidine groups is 1. The molecule has 51 heavy (non-hydrogen) atoms. The van der Waals surface area contributed by atoms with Crippen LogP contribution in [0.3, 0.4) is 0 Å². The van der Waals surface area contributed by atoms with E-state index in [1.807, 2.05) is 0 Å². The number of nitrogens with two attached hydrogens (primary N) is 2. The van der Waals surface area contributed by atoms with Gasteiger partial charge >= 0.3 is 5.97 Å². The van der Waals surface area contributed by atoms with Crippen LogP contribution >= 0.6 is 0 Å². The van der Waals surface area contributed by atoms with Gasteiger partial charge in [0.05, 0.1) is 13.0 Å². The van der Waals surface area contributed by atoms with Crippen LogP contribution in [-0.2, 0) is 40.0 Å². The number of nitrogens with one attached hydrogen (secondary N) is 6. The first-order valence-corrected chi connectivity index (χ1v) is 16.5. The second kappa shape index (κ2) is 22.0. The number of nitrogens with zero attached hydrogens (tertiary/aromatic N) is 1. The van der Waals surface area contributed by atoms with E-state index in [0.29, 0.717) is 37.8 Å². The molecule has 0 aromatic heterocycles. The van der Waals surface area contributed by atoms with E-state index in [-0.39, 0.29) is 56.3 Å². The minimum absolute atomic E-state index is 0.0352. The topological polar surface area (TPSA) is 297 Å². The molecule has 0 radical (unpaired) electrons. The molecule has 18 nitrogen and oxygen atoms in total. The number of aromatic hydroxyl groups is 1. The molecule has 1 aliphatic heterocycles. The van der Waals surface area contributed by atoms with Gasteiger partial charge in [-0.3, -0.25) is 38.6 Å². The molecule has 0 bridgehead atoms. The maximum Gasteiger partial charge on any atom is 0.305 e. The second-order valence-corrected chi connectivity index (χ2v) is 11.8. The quantitative estimate of drug-likeness (QED) is 0.0373. The highest BCUT2D eigenvalue weighted by Crippen LogP contribution is 2.13. The van der Waals surface area contributed by atoms with Gasteiger partial charge in [-0.2, -0.15) is 0 Å². The maximum absolute atomic E-state index is 13.8. The number of carbonyl (C=O) groups is 7. The number of aliphatic imine (C=N–C) groups is 1. The standard InChI is InChI=1S/C33H47N9O9/c1-2-3-4-10-26(44)36-15-6-5-8-23-30(49)40-22(9-7-16-37-33(34)35)29(48)38-19-27(45)39-25(18-28(46)47)32(51)42-24(31(50)41-23)17-20-11-13-21(43)14-12-20/h1,11-14,22-25,43H,3-10,15-19H2,(H,36,44)(H,38,48)(H,39,45)(H,40,49)(H,41,50)(H,42,51)(H,46,47)(H4,34,35,37). The molecule has 18 heteroatoms. The van der Waals surface area contributed by atoms with Gasteiger partial charge < -0.3 is 53.6 Å². The number of aliphatic carboxylic acids is 1. The first-order chi connectivity index (χ1) is 24.3. The Labute approximate surface area is 295 Å². The molecule has 4 atom stereocenters. The Hall–Kier alpha value is -5.86. The average Bonchev–Trinajstić information content (AvgIpc) is 3.07. The lowest BCUT2D eigenvalue weighted by atomic mass is 10.0. The van der Waals surface area contributed by atoms with Crippen LogP contribution in [-0.4, -0.2) is 101 Å². The molecule has 1 aromatic carbocycles. The largest absolute Gasteiger partial charge is 0.508 e. The highest BCUT2D eigenvalue weighted by atomic mass is 16.4. The van der Waals surface area contributed by atoms with Crippen molar-refractivity contribution in [3.05, 3.63) is 29.8 Å². The van der Waals surface area contributed by atoms with Gasteiger partial charge in [0, 0.05) is 32.4 Å². The molecule has 12 N–H and O–H groups in total. The van der Waals surface area contributed by atoms with Crippen LogP contribution in [0.2, 0.25) is 0 Å². The van der Waals surface area contributed by atoms with Crippen molar-refractivity contribution in [1.29, 1.82) is 0 Å². The molecule has 1 heterocycles. The molecule has 0 aliphatic carbocycles. The van der Waals surface area contributed by atoms with Crippen molar-refractivity contribution in [2.45, 2.75) is 88.4 Å². The average molecular weight is 714 g/mol. The Bertz CT molecular complexity index is 1460. The summed E-state index contributed by atoms with van der Waals surface area (Å²) in [5.74, 6) is -3.56. The van der Waals surface area contributed by atoms with Crippen molar-refractivity contribution in [1.82, 2.24) is 31.9 Å². The minimum atomic E-state index is -1.63.